The molecular formula is C37H41Cl2N3O4S. The van der Waals surface area contributed by atoms with Crippen molar-refractivity contribution in [1.29, 1.82) is 0 Å². The van der Waals surface area contributed by atoms with Gasteiger partial charge in [0.15, 0.2) is 0 Å². The van der Waals surface area contributed by atoms with E-state index in [4.69, 9.17) is 23.2 Å². The van der Waals surface area contributed by atoms with Crippen LogP contribution >= 0.6 is 23.2 Å². The topological polar surface area (TPSA) is 86.8 Å². The van der Waals surface area contributed by atoms with Crippen LogP contribution in [0, 0.1) is 26.7 Å². The maximum Gasteiger partial charge on any atom is 0.264 e. The lowest BCUT2D eigenvalue weighted by Crippen LogP contribution is -2.53. The summed E-state index contributed by atoms with van der Waals surface area (Å²) in [6.45, 7) is 9.55. The largest absolute Gasteiger partial charge is 0.354 e. The highest BCUT2D eigenvalue weighted by Crippen LogP contribution is 2.28. The fourth-order valence-electron chi connectivity index (χ4n) is 5.06. The second-order valence-electron chi connectivity index (χ2n) is 12.2. The molecular weight excluding hydrogens is 653 g/mol. The number of hydrogen-bond acceptors (Lipinski definition) is 4. The zero-order valence-corrected chi connectivity index (χ0v) is 29.7. The molecule has 4 aromatic carbocycles. The maximum atomic E-state index is 14.6. The summed E-state index contributed by atoms with van der Waals surface area (Å²) in [4.78, 5) is 30.0. The monoisotopic (exact) mass is 693 g/mol. The van der Waals surface area contributed by atoms with Crippen LogP contribution in [-0.4, -0.2) is 44.3 Å². The van der Waals surface area contributed by atoms with Crippen LogP contribution in [0.5, 0.6) is 0 Å². The number of anilines is 1. The summed E-state index contributed by atoms with van der Waals surface area (Å²) < 4.78 is 29.6. The van der Waals surface area contributed by atoms with Crippen LogP contribution in [0.4, 0.5) is 5.69 Å². The summed E-state index contributed by atoms with van der Waals surface area (Å²) in [6.07, 6.45) is 0.214. The molecule has 0 bridgehead atoms. The Kier molecular flexibility index (Phi) is 12.1. The lowest BCUT2D eigenvalue weighted by Gasteiger charge is -2.34. The van der Waals surface area contributed by atoms with Gasteiger partial charge in [-0.1, -0.05) is 97.2 Å². The maximum absolute atomic E-state index is 14.6. The molecule has 0 aliphatic rings. The first-order valence-electron chi connectivity index (χ1n) is 15.5. The number of nitrogens with zero attached hydrogens (tertiary/aromatic N) is 2. The van der Waals surface area contributed by atoms with Crippen molar-refractivity contribution in [3.63, 3.8) is 0 Å². The molecule has 10 heteroatoms. The smallest absolute Gasteiger partial charge is 0.264 e. The molecule has 47 heavy (non-hydrogen) atoms. The molecule has 0 saturated heterocycles. The Hall–Kier alpha value is -3.85. The Bertz CT molecular complexity index is 1810. The molecule has 1 N–H and O–H groups in total. The van der Waals surface area contributed by atoms with Crippen molar-refractivity contribution in [2.45, 2.75) is 58.5 Å². The van der Waals surface area contributed by atoms with Crippen LogP contribution in [0.1, 0.15) is 41.7 Å². The predicted molar refractivity (Wildman–Crippen MR) is 190 cm³/mol. The van der Waals surface area contributed by atoms with Gasteiger partial charge < -0.3 is 10.2 Å². The first-order valence-corrected chi connectivity index (χ1v) is 17.7. The van der Waals surface area contributed by atoms with Gasteiger partial charge in [0.25, 0.3) is 10.0 Å². The van der Waals surface area contributed by atoms with E-state index in [0.717, 1.165) is 26.6 Å². The molecule has 4 rings (SSSR count). The van der Waals surface area contributed by atoms with E-state index in [-0.39, 0.29) is 29.7 Å². The van der Waals surface area contributed by atoms with Crippen LogP contribution in [0.15, 0.2) is 95.9 Å². The molecule has 0 saturated carbocycles. The van der Waals surface area contributed by atoms with Crippen molar-refractivity contribution in [3.05, 3.63) is 129 Å². The normalized spacial score (nSPS) is 12.1. The Morgan fingerprint density at radius 2 is 1.47 bits per heavy atom. The third-order valence-corrected chi connectivity index (χ3v) is 10.5. The van der Waals surface area contributed by atoms with Crippen LogP contribution < -0.4 is 9.62 Å². The highest BCUT2D eigenvalue weighted by Gasteiger charge is 2.35. The molecule has 248 valence electrons. The number of rotatable bonds is 13. The zero-order chi connectivity index (χ0) is 34.3. The standard InChI is InChI=1S/C37H41Cl2N3O4S/c1-25(2)22-40-37(44)35(21-29-9-7-6-8-10-29)41(23-30-14-18-33(38)34(39)20-30)36(43)24-42(31-15-13-27(4)28(5)19-31)47(45,46)32-16-11-26(3)12-17-32/h6-20,25,35H,21-24H2,1-5H3,(H,40,44)/t35-/m1/s1. The molecule has 0 aliphatic heterocycles. The van der Waals surface area contributed by atoms with Gasteiger partial charge in [-0.05, 0) is 85.3 Å². The van der Waals surface area contributed by atoms with Crippen molar-refractivity contribution >= 4 is 50.7 Å². The number of carbonyl (C=O) groups excluding carboxylic acids is 2. The number of aryl methyl sites for hydroxylation is 3. The predicted octanol–water partition coefficient (Wildman–Crippen LogP) is 7.53. The number of amides is 2. The number of carbonyl (C=O) groups is 2. The Morgan fingerprint density at radius 3 is 2.09 bits per heavy atom. The zero-order valence-electron chi connectivity index (χ0n) is 27.3. The summed E-state index contributed by atoms with van der Waals surface area (Å²) in [7, 11) is -4.19. The van der Waals surface area contributed by atoms with Crippen LogP contribution in [0.2, 0.25) is 10.0 Å². The fourth-order valence-corrected chi connectivity index (χ4v) is 6.78. The number of benzene rings is 4. The minimum absolute atomic E-state index is 0.00628. The molecule has 0 spiro atoms. The van der Waals surface area contributed by atoms with E-state index in [9.17, 15) is 18.0 Å². The van der Waals surface area contributed by atoms with Gasteiger partial charge in [-0.25, -0.2) is 8.42 Å². The molecule has 1 atom stereocenters. The lowest BCUT2D eigenvalue weighted by atomic mass is 10.0. The Morgan fingerprint density at radius 1 is 0.787 bits per heavy atom. The minimum Gasteiger partial charge on any atom is -0.354 e. The molecule has 0 heterocycles. The van der Waals surface area contributed by atoms with Crippen LogP contribution in [0.25, 0.3) is 0 Å². The van der Waals surface area contributed by atoms with Crippen molar-refractivity contribution in [2.75, 3.05) is 17.4 Å². The van der Waals surface area contributed by atoms with Gasteiger partial charge in [-0.15, -0.1) is 0 Å². The van der Waals surface area contributed by atoms with E-state index < -0.39 is 28.5 Å². The van der Waals surface area contributed by atoms with Gasteiger partial charge >= 0.3 is 0 Å². The van der Waals surface area contributed by atoms with E-state index in [2.05, 4.69) is 5.32 Å². The highest BCUT2D eigenvalue weighted by atomic mass is 35.5. The lowest BCUT2D eigenvalue weighted by molar-refractivity contribution is -0.140. The van der Waals surface area contributed by atoms with E-state index in [0.29, 0.717) is 27.8 Å². The summed E-state index contributed by atoms with van der Waals surface area (Å²) in [5.41, 5.74) is 4.60. The van der Waals surface area contributed by atoms with E-state index in [1.165, 1.54) is 17.0 Å². The third kappa shape index (κ3) is 9.37. The van der Waals surface area contributed by atoms with Gasteiger partial charge in [-0.2, -0.15) is 0 Å². The second kappa shape index (κ2) is 15.8. The Balaban J connectivity index is 1.83. The van der Waals surface area contributed by atoms with Crippen molar-refractivity contribution < 1.29 is 18.0 Å². The van der Waals surface area contributed by atoms with Gasteiger partial charge in [0.2, 0.25) is 11.8 Å². The molecule has 0 fully saturated rings. The van der Waals surface area contributed by atoms with Gasteiger partial charge in [0.05, 0.1) is 20.6 Å². The Labute approximate surface area is 288 Å². The summed E-state index contributed by atoms with van der Waals surface area (Å²) >= 11 is 12.6. The van der Waals surface area contributed by atoms with Crippen molar-refractivity contribution in [2.24, 2.45) is 5.92 Å². The number of halogens is 2. The van der Waals surface area contributed by atoms with Crippen molar-refractivity contribution in [3.8, 4) is 0 Å². The van der Waals surface area contributed by atoms with E-state index in [1.807, 2.05) is 71.0 Å². The summed E-state index contributed by atoms with van der Waals surface area (Å²) in [6, 6.07) is 25.3. The van der Waals surface area contributed by atoms with E-state index >= 15 is 0 Å². The van der Waals surface area contributed by atoms with Gasteiger partial charge in [0, 0.05) is 19.5 Å². The number of nitrogens with one attached hydrogen (secondary N) is 1. The van der Waals surface area contributed by atoms with Crippen LogP contribution in [0.3, 0.4) is 0 Å². The molecule has 7 nitrogen and oxygen atoms in total. The second-order valence-corrected chi connectivity index (χ2v) is 14.9. The minimum atomic E-state index is -4.19. The van der Waals surface area contributed by atoms with Gasteiger partial charge in [-0.3, -0.25) is 13.9 Å². The first kappa shape index (κ1) is 36.0. The first-order chi connectivity index (χ1) is 22.3. The average molecular weight is 695 g/mol. The molecule has 0 aliphatic carbocycles. The fraction of sp³-hybridized carbons (Fsp3) is 0.297. The molecule has 4 aromatic rings. The SMILES string of the molecule is Cc1ccc(S(=O)(=O)N(CC(=O)N(Cc2ccc(Cl)c(Cl)c2)[C@H](Cc2ccccc2)C(=O)NCC(C)C)c2ccc(C)c(C)c2)cc1. The van der Waals surface area contributed by atoms with E-state index in [1.54, 1.807) is 42.5 Å². The average Bonchev–Trinajstić information content (AvgIpc) is 3.04. The molecule has 2 amide bonds. The molecule has 0 unspecified atom stereocenters. The third-order valence-electron chi connectivity index (χ3n) is 7.96. The quantitative estimate of drug-likeness (QED) is 0.157. The summed E-state index contributed by atoms with van der Waals surface area (Å²) in [5.74, 6) is -0.712. The molecule has 0 radical (unpaired) electrons. The number of hydrogen-bond donors (Lipinski definition) is 1. The highest BCUT2D eigenvalue weighted by molar-refractivity contribution is 7.92. The van der Waals surface area contributed by atoms with Crippen LogP contribution in [-0.2, 0) is 32.6 Å². The molecule has 0 aromatic heterocycles. The number of sulfonamides is 1. The van der Waals surface area contributed by atoms with Gasteiger partial charge in [0.1, 0.15) is 12.6 Å². The summed E-state index contributed by atoms with van der Waals surface area (Å²) in [5, 5.41) is 3.65. The van der Waals surface area contributed by atoms with Crippen molar-refractivity contribution in [1.82, 2.24) is 10.2 Å².